The maximum absolute atomic E-state index is 14.7. The highest BCUT2D eigenvalue weighted by Gasteiger charge is 2.17. The summed E-state index contributed by atoms with van der Waals surface area (Å²) in [4.78, 5) is 10.7. The van der Waals surface area contributed by atoms with Crippen molar-refractivity contribution in [1.29, 1.82) is 0 Å². The number of benzene rings is 2. The molecular weight excluding hydrogens is 398 g/mol. The van der Waals surface area contributed by atoms with E-state index in [0.29, 0.717) is 22.5 Å². The van der Waals surface area contributed by atoms with Gasteiger partial charge in [-0.2, -0.15) is 0 Å². The summed E-state index contributed by atoms with van der Waals surface area (Å²) < 4.78 is 20.5. The Morgan fingerprint density at radius 2 is 1.86 bits per heavy atom. The SMILES string of the molecule is O=C(O)CCc1ccc(OCC2=C(c3ccc(Cl)cc3)CCCC2)c(F)c1P. The van der Waals surface area contributed by atoms with E-state index in [0.717, 1.165) is 31.2 Å². The van der Waals surface area contributed by atoms with Crippen molar-refractivity contribution in [2.24, 2.45) is 0 Å². The van der Waals surface area contributed by atoms with Crippen molar-refractivity contribution in [2.45, 2.75) is 38.5 Å². The summed E-state index contributed by atoms with van der Waals surface area (Å²) in [6, 6.07) is 11.1. The van der Waals surface area contributed by atoms with Gasteiger partial charge in [0.1, 0.15) is 6.61 Å². The second-order valence-electron chi connectivity index (χ2n) is 6.93. The van der Waals surface area contributed by atoms with Gasteiger partial charge in [-0.25, -0.2) is 4.39 Å². The molecule has 2 aromatic carbocycles. The second kappa shape index (κ2) is 9.54. The molecule has 0 amide bonds. The first-order chi connectivity index (χ1) is 13.5. The molecule has 0 bridgehead atoms. The van der Waals surface area contributed by atoms with Crippen molar-refractivity contribution in [3.8, 4) is 5.75 Å². The van der Waals surface area contributed by atoms with Crippen molar-refractivity contribution < 1.29 is 19.0 Å². The van der Waals surface area contributed by atoms with E-state index in [-0.39, 0.29) is 18.6 Å². The Morgan fingerprint density at radius 3 is 2.57 bits per heavy atom. The maximum atomic E-state index is 14.7. The highest BCUT2D eigenvalue weighted by Crippen LogP contribution is 2.33. The Bertz CT molecular complexity index is 893. The summed E-state index contributed by atoms with van der Waals surface area (Å²) in [7, 11) is 2.36. The molecule has 28 heavy (non-hydrogen) atoms. The number of carbonyl (C=O) groups is 1. The molecule has 0 aliphatic heterocycles. The van der Waals surface area contributed by atoms with E-state index >= 15 is 0 Å². The number of hydrogen-bond donors (Lipinski definition) is 1. The van der Waals surface area contributed by atoms with Crippen LogP contribution in [0.4, 0.5) is 4.39 Å². The second-order valence-corrected chi connectivity index (χ2v) is 7.94. The molecule has 3 rings (SSSR count). The van der Waals surface area contributed by atoms with Crippen molar-refractivity contribution in [3.05, 3.63) is 63.9 Å². The number of halogens is 2. The van der Waals surface area contributed by atoms with E-state index in [9.17, 15) is 9.18 Å². The van der Waals surface area contributed by atoms with Crippen LogP contribution < -0.4 is 10.0 Å². The zero-order valence-corrected chi connectivity index (χ0v) is 17.4. The minimum atomic E-state index is -0.899. The zero-order chi connectivity index (χ0) is 20.1. The number of carboxylic acids is 1. The van der Waals surface area contributed by atoms with E-state index < -0.39 is 11.8 Å². The summed E-state index contributed by atoms with van der Waals surface area (Å²) in [5.41, 5.74) is 4.25. The first-order valence-corrected chi connectivity index (χ1v) is 10.3. The van der Waals surface area contributed by atoms with Gasteiger partial charge in [0.05, 0.1) is 0 Å². The number of rotatable bonds is 7. The van der Waals surface area contributed by atoms with Crippen molar-refractivity contribution in [3.63, 3.8) is 0 Å². The van der Waals surface area contributed by atoms with Crippen LogP contribution in [0.2, 0.25) is 5.02 Å². The Hall–Kier alpha value is -1.90. The van der Waals surface area contributed by atoms with Crippen LogP contribution in [0.15, 0.2) is 42.0 Å². The largest absolute Gasteiger partial charge is 0.486 e. The minimum Gasteiger partial charge on any atom is -0.486 e. The minimum absolute atomic E-state index is 0.0294. The maximum Gasteiger partial charge on any atom is 0.303 e. The van der Waals surface area contributed by atoms with E-state index in [1.165, 1.54) is 11.1 Å². The fourth-order valence-electron chi connectivity index (χ4n) is 3.48. The molecule has 1 aliphatic rings. The van der Waals surface area contributed by atoms with Crippen LogP contribution in [0.3, 0.4) is 0 Å². The number of carboxylic acid groups (broad SMARTS) is 1. The number of aryl methyl sites for hydroxylation is 1. The number of aliphatic carboxylic acids is 1. The van der Waals surface area contributed by atoms with E-state index in [4.69, 9.17) is 21.4 Å². The molecule has 0 saturated heterocycles. The lowest BCUT2D eigenvalue weighted by Gasteiger charge is -2.22. The molecule has 3 nitrogen and oxygen atoms in total. The molecule has 0 heterocycles. The first-order valence-electron chi connectivity index (χ1n) is 9.34. The topological polar surface area (TPSA) is 46.5 Å². The van der Waals surface area contributed by atoms with Gasteiger partial charge < -0.3 is 9.84 Å². The number of allylic oxidation sites excluding steroid dienone is 1. The summed E-state index contributed by atoms with van der Waals surface area (Å²) >= 11 is 6.00. The highest BCUT2D eigenvalue weighted by atomic mass is 35.5. The van der Waals surface area contributed by atoms with Gasteiger partial charge in [0.15, 0.2) is 11.6 Å². The van der Waals surface area contributed by atoms with Crippen LogP contribution in [0.1, 0.15) is 43.2 Å². The van der Waals surface area contributed by atoms with Gasteiger partial charge in [0.25, 0.3) is 0 Å². The first kappa shape index (κ1) is 20.8. The molecule has 6 heteroatoms. The van der Waals surface area contributed by atoms with Crippen molar-refractivity contribution in [1.82, 2.24) is 0 Å². The summed E-state index contributed by atoms with van der Waals surface area (Å²) in [5, 5.41) is 9.89. The third-order valence-corrected chi connectivity index (χ3v) is 5.90. The molecule has 1 atom stereocenters. The van der Waals surface area contributed by atoms with Crippen LogP contribution >= 0.6 is 20.8 Å². The molecule has 0 spiro atoms. The zero-order valence-electron chi connectivity index (χ0n) is 15.5. The summed E-state index contributed by atoms with van der Waals surface area (Å²) in [6.45, 7) is 0.341. The van der Waals surface area contributed by atoms with Gasteiger partial charge in [0, 0.05) is 16.7 Å². The van der Waals surface area contributed by atoms with Gasteiger partial charge in [-0.1, -0.05) is 29.8 Å². The monoisotopic (exact) mass is 420 g/mol. The lowest BCUT2D eigenvalue weighted by molar-refractivity contribution is -0.136. The average Bonchev–Trinajstić information content (AvgIpc) is 2.69. The fourth-order valence-corrected chi connectivity index (χ4v) is 3.98. The van der Waals surface area contributed by atoms with Gasteiger partial charge >= 0.3 is 5.97 Å². The Labute approximate surface area is 171 Å². The van der Waals surface area contributed by atoms with Gasteiger partial charge in [0.2, 0.25) is 0 Å². The van der Waals surface area contributed by atoms with E-state index in [1.807, 2.05) is 24.3 Å². The van der Waals surface area contributed by atoms with Crippen LogP contribution in [0.5, 0.6) is 5.75 Å². The molecule has 0 aromatic heterocycles. The lowest BCUT2D eigenvalue weighted by Crippen LogP contribution is -2.13. The van der Waals surface area contributed by atoms with Gasteiger partial charge in [-0.15, -0.1) is 9.24 Å². The van der Waals surface area contributed by atoms with Gasteiger partial charge in [-0.3, -0.25) is 4.79 Å². The average molecular weight is 421 g/mol. The number of hydrogen-bond acceptors (Lipinski definition) is 2. The molecule has 0 fully saturated rings. The Balaban J connectivity index is 1.77. The Morgan fingerprint density at radius 1 is 1.14 bits per heavy atom. The molecule has 1 unspecified atom stereocenters. The third kappa shape index (κ3) is 5.12. The van der Waals surface area contributed by atoms with Crippen LogP contribution in [0, 0.1) is 5.82 Å². The number of ether oxygens (including phenoxy) is 1. The van der Waals surface area contributed by atoms with Crippen LogP contribution in [-0.4, -0.2) is 17.7 Å². The molecule has 0 saturated carbocycles. The standard InChI is InChI=1S/C22H23ClFO3P/c23-17-9-5-14(6-10-17)18-4-2-1-3-16(18)13-27-19-11-7-15(8-12-20(25)26)22(28)21(19)24/h5-7,9-11H,1-4,8,12-13,28H2,(H,25,26). The molecule has 148 valence electrons. The molecule has 2 aromatic rings. The van der Waals surface area contributed by atoms with Crippen LogP contribution in [0.25, 0.3) is 5.57 Å². The quantitative estimate of drug-likeness (QED) is 0.610. The van der Waals surface area contributed by atoms with E-state index in [1.54, 1.807) is 12.1 Å². The Kier molecular flexibility index (Phi) is 7.09. The van der Waals surface area contributed by atoms with Gasteiger partial charge in [-0.05, 0) is 72.6 Å². The fraction of sp³-hybridized carbons (Fsp3) is 0.318. The van der Waals surface area contributed by atoms with E-state index in [2.05, 4.69) is 9.24 Å². The smallest absolute Gasteiger partial charge is 0.303 e. The summed E-state index contributed by atoms with van der Waals surface area (Å²) in [6.07, 6.45) is 4.40. The van der Waals surface area contributed by atoms with Crippen molar-refractivity contribution >= 4 is 37.7 Å². The predicted molar refractivity (Wildman–Crippen MR) is 114 cm³/mol. The molecule has 0 radical (unpaired) electrons. The lowest BCUT2D eigenvalue weighted by atomic mass is 9.88. The predicted octanol–water partition coefficient (Wildman–Crippen LogP) is 5.40. The summed E-state index contributed by atoms with van der Waals surface area (Å²) in [5.74, 6) is -1.15. The van der Waals surface area contributed by atoms with Crippen LogP contribution in [-0.2, 0) is 11.2 Å². The van der Waals surface area contributed by atoms with Crippen molar-refractivity contribution in [2.75, 3.05) is 6.61 Å². The molecular formula is C22H23ClFO3P. The molecule has 1 aliphatic carbocycles. The highest BCUT2D eigenvalue weighted by molar-refractivity contribution is 7.27. The normalized spacial score (nSPS) is 14.2. The third-order valence-electron chi connectivity index (χ3n) is 5.02. The molecule has 1 N–H and O–H groups in total.